The van der Waals surface area contributed by atoms with Gasteiger partial charge in [0.1, 0.15) is 4.90 Å². The van der Waals surface area contributed by atoms with E-state index in [2.05, 4.69) is 9.82 Å². The zero-order chi connectivity index (χ0) is 15.7. The van der Waals surface area contributed by atoms with E-state index in [1.807, 2.05) is 20.8 Å². The lowest BCUT2D eigenvalue weighted by Crippen LogP contribution is -2.52. The summed E-state index contributed by atoms with van der Waals surface area (Å²) in [6.07, 6.45) is 0.682. The number of nitrogens with one attached hydrogen (secondary N) is 1. The minimum Gasteiger partial charge on any atom is -0.329 e. The molecule has 1 atom stereocenters. The van der Waals surface area contributed by atoms with Crippen LogP contribution in [0.1, 0.15) is 38.6 Å². The zero-order valence-electron chi connectivity index (χ0n) is 13.2. The van der Waals surface area contributed by atoms with Gasteiger partial charge in [-0.05, 0) is 33.1 Å². The SMILES string of the molecule is Cc1nn(C)c(C)c1S(=O)(=O)NC(C)(CN)CC(C)C. The van der Waals surface area contributed by atoms with Gasteiger partial charge in [0.2, 0.25) is 10.0 Å². The fraction of sp³-hybridized carbons (Fsp3) is 0.769. The predicted octanol–water partition coefficient (Wildman–Crippen LogP) is 1.08. The molecule has 1 unspecified atom stereocenters. The van der Waals surface area contributed by atoms with Gasteiger partial charge in [0.05, 0.1) is 11.4 Å². The van der Waals surface area contributed by atoms with Gasteiger partial charge in [0.15, 0.2) is 0 Å². The van der Waals surface area contributed by atoms with E-state index in [4.69, 9.17) is 5.73 Å². The Kier molecular flexibility index (Phi) is 4.99. The molecule has 20 heavy (non-hydrogen) atoms. The normalized spacial score (nSPS) is 15.6. The molecule has 0 saturated heterocycles. The molecule has 0 aliphatic carbocycles. The molecule has 116 valence electrons. The highest BCUT2D eigenvalue weighted by Crippen LogP contribution is 2.23. The number of aryl methyl sites for hydroxylation is 2. The topological polar surface area (TPSA) is 90.0 Å². The molecule has 0 amide bonds. The van der Waals surface area contributed by atoms with Crippen LogP contribution < -0.4 is 10.5 Å². The van der Waals surface area contributed by atoms with E-state index < -0.39 is 15.6 Å². The largest absolute Gasteiger partial charge is 0.329 e. The van der Waals surface area contributed by atoms with Crippen molar-refractivity contribution in [2.45, 2.75) is 51.5 Å². The van der Waals surface area contributed by atoms with Crippen LogP contribution in [-0.4, -0.2) is 30.3 Å². The van der Waals surface area contributed by atoms with Crippen molar-refractivity contribution in [1.82, 2.24) is 14.5 Å². The van der Waals surface area contributed by atoms with E-state index in [1.165, 1.54) is 0 Å². The van der Waals surface area contributed by atoms with E-state index in [1.54, 1.807) is 25.6 Å². The number of sulfonamides is 1. The van der Waals surface area contributed by atoms with Gasteiger partial charge in [0, 0.05) is 19.1 Å². The first-order valence-corrected chi connectivity index (χ1v) is 8.25. The molecule has 1 aromatic rings. The van der Waals surface area contributed by atoms with Crippen LogP contribution in [0.3, 0.4) is 0 Å². The number of hydrogen-bond donors (Lipinski definition) is 2. The first-order chi connectivity index (χ1) is 9.02. The summed E-state index contributed by atoms with van der Waals surface area (Å²) in [5.41, 5.74) is 6.25. The standard InChI is InChI=1S/C13H26N4O2S/c1-9(2)7-13(5,8-14)16-20(18,19)12-10(3)15-17(6)11(12)4/h9,16H,7-8,14H2,1-6H3. The zero-order valence-corrected chi connectivity index (χ0v) is 14.0. The van der Waals surface area contributed by atoms with Gasteiger partial charge < -0.3 is 5.73 Å². The van der Waals surface area contributed by atoms with E-state index >= 15 is 0 Å². The van der Waals surface area contributed by atoms with E-state index in [0.717, 1.165) is 0 Å². The maximum Gasteiger partial charge on any atom is 0.244 e. The monoisotopic (exact) mass is 302 g/mol. The lowest BCUT2D eigenvalue weighted by molar-refractivity contribution is 0.344. The number of aromatic nitrogens is 2. The van der Waals surface area contributed by atoms with Crippen LogP contribution in [0.5, 0.6) is 0 Å². The van der Waals surface area contributed by atoms with Crippen molar-refractivity contribution in [3.8, 4) is 0 Å². The van der Waals surface area contributed by atoms with E-state index in [9.17, 15) is 8.42 Å². The molecule has 0 saturated carbocycles. The third kappa shape index (κ3) is 3.59. The quantitative estimate of drug-likeness (QED) is 0.822. The van der Waals surface area contributed by atoms with Crippen molar-refractivity contribution in [3.05, 3.63) is 11.4 Å². The molecule has 0 aromatic carbocycles. The average Bonchev–Trinajstić information content (AvgIpc) is 2.51. The molecule has 0 aliphatic rings. The summed E-state index contributed by atoms with van der Waals surface area (Å²) < 4.78 is 29.6. The molecule has 6 nitrogen and oxygen atoms in total. The molecule has 1 rings (SSSR count). The van der Waals surface area contributed by atoms with Crippen LogP contribution in [0, 0.1) is 19.8 Å². The van der Waals surface area contributed by atoms with Gasteiger partial charge in [-0.15, -0.1) is 0 Å². The van der Waals surface area contributed by atoms with Crippen molar-refractivity contribution in [1.29, 1.82) is 0 Å². The molecule has 1 heterocycles. The maximum absolute atomic E-state index is 12.6. The number of nitrogens with zero attached hydrogens (tertiary/aromatic N) is 2. The van der Waals surface area contributed by atoms with Gasteiger partial charge in [-0.3, -0.25) is 4.68 Å². The minimum atomic E-state index is -3.63. The second-order valence-corrected chi connectivity index (χ2v) is 7.71. The van der Waals surface area contributed by atoms with Gasteiger partial charge in [-0.2, -0.15) is 5.10 Å². The highest BCUT2D eigenvalue weighted by Gasteiger charge is 2.33. The van der Waals surface area contributed by atoms with Crippen LogP contribution in [0.4, 0.5) is 0 Å². The first-order valence-electron chi connectivity index (χ1n) is 6.76. The van der Waals surface area contributed by atoms with Crippen molar-refractivity contribution in [2.75, 3.05) is 6.54 Å². The Balaban J connectivity index is 3.17. The van der Waals surface area contributed by atoms with Gasteiger partial charge >= 0.3 is 0 Å². The molecular formula is C13H26N4O2S. The first kappa shape index (κ1) is 17.1. The Labute approximate surface area is 121 Å². The molecule has 1 aromatic heterocycles. The Morgan fingerprint density at radius 2 is 1.95 bits per heavy atom. The number of rotatable bonds is 6. The van der Waals surface area contributed by atoms with E-state index in [-0.39, 0.29) is 11.4 Å². The molecular weight excluding hydrogens is 276 g/mol. The Hall–Kier alpha value is -0.920. The third-order valence-electron chi connectivity index (χ3n) is 3.40. The van der Waals surface area contributed by atoms with Crippen molar-refractivity contribution >= 4 is 10.0 Å². The Bertz CT molecular complexity index is 577. The fourth-order valence-electron chi connectivity index (χ4n) is 2.59. The molecule has 3 N–H and O–H groups in total. The highest BCUT2D eigenvalue weighted by atomic mass is 32.2. The van der Waals surface area contributed by atoms with Crippen molar-refractivity contribution < 1.29 is 8.42 Å². The Morgan fingerprint density at radius 3 is 2.30 bits per heavy atom. The van der Waals surface area contributed by atoms with Crippen molar-refractivity contribution in [2.24, 2.45) is 18.7 Å². The van der Waals surface area contributed by atoms with Gasteiger partial charge in [-0.1, -0.05) is 13.8 Å². The third-order valence-corrected chi connectivity index (χ3v) is 5.29. The Morgan fingerprint density at radius 1 is 1.40 bits per heavy atom. The molecule has 0 spiro atoms. The van der Waals surface area contributed by atoms with Crippen LogP contribution >= 0.6 is 0 Å². The summed E-state index contributed by atoms with van der Waals surface area (Å²) >= 11 is 0. The van der Waals surface area contributed by atoms with Crippen LogP contribution in [0.2, 0.25) is 0 Å². The van der Waals surface area contributed by atoms with Crippen LogP contribution in [0.25, 0.3) is 0 Å². The number of hydrogen-bond acceptors (Lipinski definition) is 4. The van der Waals surface area contributed by atoms with Gasteiger partial charge in [-0.25, -0.2) is 13.1 Å². The summed E-state index contributed by atoms with van der Waals surface area (Å²) in [4.78, 5) is 0.253. The lowest BCUT2D eigenvalue weighted by Gasteiger charge is -2.30. The molecule has 0 radical (unpaired) electrons. The molecule has 0 fully saturated rings. The number of nitrogens with two attached hydrogens (primary N) is 1. The smallest absolute Gasteiger partial charge is 0.244 e. The van der Waals surface area contributed by atoms with Gasteiger partial charge in [0.25, 0.3) is 0 Å². The summed E-state index contributed by atoms with van der Waals surface area (Å²) in [5, 5.41) is 4.16. The van der Waals surface area contributed by atoms with E-state index in [0.29, 0.717) is 23.7 Å². The molecule has 7 heteroatoms. The molecule has 0 aliphatic heterocycles. The fourth-order valence-corrected chi connectivity index (χ4v) is 4.45. The predicted molar refractivity (Wildman–Crippen MR) is 79.9 cm³/mol. The summed E-state index contributed by atoms with van der Waals surface area (Å²) in [6.45, 7) is 9.63. The van der Waals surface area contributed by atoms with Crippen LogP contribution in [0.15, 0.2) is 4.90 Å². The minimum absolute atomic E-state index is 0.253. The summed E-state index contributed by atoms with van der Waals surface area (Å²) in [6, 6.07) is 0. The average molecular weight is 302 g/mol. The highest BCUT2D eigenvalue weighted by molar-refractivity contribution is 7.89. The molecule has 0 bridgehead atoms. The van der Waals surface area contributed by atoms with Crippen LogP contribution in [-0.2, 0) is 17.1 Å². The second kappa shape index (κ2) is 5.83. The lowest BCUT2D eigenvalue weighted by atomic mass is 9.92. The summed E-state index contributed by atoms with van der Waals surface area (Å²) in [7, 11) is -1.90. The second-order valence-electron chi connectivity index (χ2n) is 6.09. The maximum atomic E-state index is 12.6. The summed E-state index contributed by atoms with van der Waals surface area (Å²) in [5.74, 6) is 0.349. The van der Waals surface area contributed by atoms with Crippen molar-refractivity contribution in [3.63, 3.8) is 0 Å².